The van der Waals surface area contributed by atoms with Crippen molar-refractivity contribution < 1.29 is 9.90 Å². The smallest absolute Gasteiger partial charge is 0.237 e. The summed E-state index contributed by atoms with van der Waals surface area (Å²) in [5.41, 5.74) is 0. The highest BCUT2D eigenvalue weighted by Gasteiger charge is 2.22. The second kappa shape index (κ2) is 8.54. The zero-order chi connectivity index (χ0) is 14.3. The molecule has 3 atom stereocenters. The molecule has 0 aromatic heterocycles. The molecule has 0 aromatic carbocycles. The predicted molar refractivity (Wildman–Crippen MR) is 78.0 cm³/mol. The maximum Gasteiger partial charge on any atom is 0.237 e. The quantitative estimate of drug-likeness (QED) is 0.773. The first-order valence-corrected chi connectivity index (χ1v) is 7.76. The standard InChI is InChI=1S/C15H30N2O2/c1-4-12(2)14(18)11-16-15(19)13(3)17-9-7-5-6-8-10-17/h12-14,18H,4-11H2,1-3H3,(H,16,19). The van der Waals surface area contributed by atoms with Gasteiger partial charge in [-0.05, 0) is 38.8 Å². The number of hydrogen-bond donors (Lipinski definition) is 2. The van der Waals surface area contributed by atoms with E-state index in [1.165, 1.54) is 25.7 Å². The van der Waals surface area contributed by atoms with Crippen molar-refractivity contribution in [1.29, 1.82) is 0 Å². The summed E-state index contributed by atoms with van der Waals surface area (Å²) in [5.74, 6) is 0.276. The van der Waals surface area contributed by atoms with Gasteiger partial charge in [0.05, 0.1) is 12.1 Å². The number of carbonyl (C=O) groups is 1. The number of rotatable bonds is 6. The minimum absolute atomic E-state index is 0.0456. The molecule has 1 fully saturated rings. The molecule has 1 saturated heterocycles. The summed E-state index contributed by atoms with van der Waals surface area (Å²) >= 11 is 0. The van der Waals surface area contributed by atoms with Gasteiger partial charge >= 0.3 is 0 Å². The van der Waals surface area contributed by atoms with Crippen molar-refractivity contribution in [1.82, 2.24) is 10.2 Å². The zero-order valence-electron chi connectivity index (χ0n) is 12.7. The van der Waals surface area contributed by atoms with E-state index in [-0.39, 0.29) is 17.9 Å². The van der Waals surface area contributed by atoms with Crippen molar-refractivity contribution in [2.45, 2.75) is 65.0 Å². The van der Waals surface area contributed by atoms with Crippen LogP contribution in [0.15, 0.2) is 0 Å². The molecule has 2 N–H and O–H groups in total. The Kier molecular flexibility index (Phi) is 7.39. The molecule has 0 aromatic rings. The topological polar surface area (TPSA) is 52.6 Å². The van der Waals surface area contributed by atoms with E-state index in [9.17, 15) is 9.90 Å². The molecule has 0 bridgehead atoms. The van der Waals surface area contributed by atoms with E-state index < -0.39 is 6.10 Å². The minimum atomic E-state index is -0.440. The van der Waals surface area contributed by atoms with E-state index in [0.29, 0.717) is 6.54 Å². The Bertz CT molecular complexity index is 263. The van der Waals surface area contributed by atoms with Gasteiger partial charge in [-0.1, -0.05) is 33.1 Å². The first kappa shape index (κ1) is 16.4. The molecular formula is C15H30N2O2. The molecule has 112 valence electrons. The summed E-state index contributed by atoms with van der Waals surface area (Å²) in [7, 11) is 0. The summed E-state index contributed by atoms with van der Waals surface area (Å²) in [5, 5.41) is 12.8. The molecule has 1 aliphatic heterocycles. The molecule has 1 aliphatic rings. The molecule has 0 aliphatic carbocycles. The number of aliphatic hydroxyl groups is 1. The Labute approximate surface area is 117 Å². The number of amides is 1. The predicted octanol–water partition coefficient (Wildman–Crippen LogP) is 1.77. The highest BCUT2D eigenvalue weighted by molar-refractivity contribution is 5.81. The Morgan fingerprint density at radius 1 is 1.21 bits per heavy atom. The van der Waals surface area contributed by atoms with Gasteiger partial charge in [0, 0.05) is 6.54 Å². The van der Waals surface area contributed by atoms with Crippen molar-refractivity contribution in [2.75, 3.05) is 19.6 Å². The number of aliphatic hydroxyl groups excluding tert-OH is 1. The van der Waals surface area contributed by atoms with Crippen LogP contribution in [0.3, 0.4) is 0 Å². The van der Waals surface area contributed by atoms with Crippen molar-refractivity contribution in [2.24, 2.45) is 5.92 Å². The van der Waals surface area contributed by atoms with Crippen LogP contribution in [0.25, 0.3) is 0 Å². The zero-order valence-corrected chi connectivity index (χ0v) is 12.7. The van der Waals surface area contributed by atoms with E-state index in [0.717, 1.165) is 19.5 Å². The average Bonchev–Trinajstić information content (AvgIpc) is 2.71. The molecule has 1 rings (SSSR count). The number of nitrogens with one attached hydrogen (secondary N) is 1. The lowest BCUT2D eigenvalue weighted by molar-refractivity contribution is -0.126. The van der Waals surface area contributed by atoms with E-state index >= 15 is 0 Å². The molecule has 4 heteroatoms. The number of hydrogen-bond acceptors (Lipinski definition) is 3. The maximum absolute atomic E-state index is 12.1. The van der Waals surface area contributed by atoms with E-state index in [1.807, 2.05) is 13.8 Å². The van der Waals surface area contributed by atoms with Crippen molar-refractivity contribution in [3.63, 3.8) is 0 Å². The second-order valence-electron chi connectivity index (χ2n) is 5.82. The summed E-state index contributed by atoms with van der Waals surface area (Å²) in [6.07, 6.45) is 5.42. The van der Waals surface area contributed by atoms with Crippen LogP contribution < -0.4 is 5.32 Å². The van der Waals surface area contributed by atoms with Crippen LogP contribution >= 0.6 is 0 Å². The SMILES string of the molecule is CCC(C)C(O)CNC(=O)C(C)N1CCCCCC1. The fraction of sp³-hybridized carbons (Fsp3) is 0.933. The molecular weight excluding hydrogens is 240 g/mol. The molecule has 0 saturated carbocycles. The van der Waals surface area contributed by atoms with Gasteiger partial charge in [-0.15, -0.1) is 0 Å². The molecule has 3 unspecified atom stereocenters. The van der Waals surface area contributed by atoms with Crippen LogP contribution in [0.5, 0.6) is 0 Å². The lowest BCUT2D eigenvalue weighted by atomic mass is 10.0. The summed E-state index contributed by atoms with van der Waals surface area (Å²) in [4.78, 5) is 14.4. The lowest BCUT2D eigenvalue weighted by Gasteiger charge is -2.27. The third kappa shape index (κ3) is 5.49. The van der Waals surface area contributed by atoms with Crippen LogP contribution in [0.1, 0.15) is 52.9 Å². The maximum atomic E-state index is 12.1. The van der Waals surface area contributed by atoms with Gasteiger partial charge in [0.2, 0.25) is 5.91 Å². The number of nitrogens with zero attached hydrogens (tertiary/aromatic N) is 1. The van der Waals surface area contributed by atoms with Gasteiger partial charge in [0.15, 0.2) is 0 Å². The van der Waals surface area contributed by atoms with Crippen molar-refractivity contribution in [3.8, 4) is 0 Å². The second-order valence-corrected chi connectivity index (χ2v) is 5.82. The van der Waals surface area contributed by atoms with Crippen LogP contribution in [-0.2, 0) is 4.79 Å². The average molecular weight is 270 g/mol. The van der Waals surface area contributed by atoms with Crippen molar-refractivity contribution in [3.05, 3.63) is 0 Å². The fourth-order valence-electron chi connectivity index (χ4n) is 2.47. The Hall–Kier alpha value is -0.610. The highest BCUT2D eigenvalue weighted by Crippen LogP contribution is 2.12. The van der Waals surface area contributed by atoms with Crippen LogP contribution in [-0.4, -0.2) is 47.7 Å². The van der Waals surface area contributed by atoms with Crippen LogP contribution in [0.2, 0.25) is 0 Å². The molecule has 1 heterocycles. The van der Waals surface area contributed by atoms with Crippen molar-refractivity contribution >= 4 is 5.91 Å². The van der Waals surface area contributed by atoms with Gasteiger partial charge < -0.3 is 10.4 Å². The highest BCUT2D eigenvalue weighted by atomic mass is 16.3. The Morgan fingerprint density at radius 3 is 2.32 bits per heavy atom. The molecule has 0 radical (unpaired) electrons. The lowest BCUT2D eigenvalue weighted by Crippen LogP contribution is -2.47. The molecule has 0 spiro atoms. The van der Waals surface area contributed by atoms with Gasteiger partial charge in [-0.3, -0.25) is 9.69 Å². The van der Waals surface area contributed by atoms with E-state index in [4.69, 9.17) is 0 Å². The molecule has 19 heavy (non-hydrogen) atoms. The normalized spacial score (nSPS) is 22.3. The van der Waals surface area contributed by atoms with Crippen LogP contribution in [0.4, 0.5) is 0 Å². The van der Waals surface area contributed by atoms with Gasteiger partial charge in [0.25, 0.3) is 0 Å². The first-order chi connectivity index (χ1) is 9.06. The first-order valence-electron chi connectivity index (χ1n) is 7.76. The third-order valence-corrected chi connectivity index (χ3v) is 4.35. The van der Waals surface area contributed by atoms with E-state index in [1.54, 1.807) is 0 Å². The summed E-state index contributed by atoms with van der Waals surface area (Å²) in [6.45, 7) is 8.43. The monoisotopic (exact) mass is 270 g/mol. The van der Waals surface area contributed by atoms with Gasteiger partial charge in [-0.2, -0.15) is 0 Å². The van der Waals surface area contributed by atoms with E-state index in [2.05, 4.69) is 17.1 Å². The summed E-state index contributed by atoms with van der Waals surface area (Å²) < 4.78 is 0. The minimum Gasteiger partial charge on any atom is -0.391 e. The van der Waals surface area contributed by atoms with Crippen LogP contribution in [0, 0.1) is 5.92 Å². The summed E-state index contributed by atoms with van der Waals surface area (Å²) in [6, 6.07) is -0.0813. The van der Waals surface area contributed by atoms with Gasteiger partial charge in [-0.25, -0.2) is 0 Å². The fourth-order valence-corrected chi connectivity index (χ4v) is 2.47. The molecule has 1 amide bonds. The largest absolute Gasteiger partial charge is 0.391 e. The molecule has 4 nitrogen and oxygen atoms in total. The number of likely N-dealkylation sites (tertiary alicyclic amines) is 1. The Balaban J connectivity index is 2.35. The number of carbonyl (C=O) groups excluding carboxylic acids is 1. The third-order valence-electron chi connectivity index (χ3n) is 4.35. The Morgan fingerprint density at radius 2 is 1.79 bits per heavy atom. The van der Waals surface area contributed by atoms with Gasteiger partial charge in [0.1, 0.15) is 0 Å².